The molecule has 0 aromatic heterocycles. The maximum Gasteiger partial charge on any atom is 0.0580 e. The standard InChI is InChI=1S/C10H19NO.ClH/c1-11-8-2-4-9(5-3-8)12-10-6-7-10;/h8-11H,2-7H2,1H3;1H. The molecule has 0 aromatic rings. The fraction of sp³-hybridized carbons (Fsp3) is 1.00. The zero-order valence-electron chi connectivity index (χ0n) is 8.29. The third-order valence-corrected chi connectivity index (χ3v) is 2.99. The fourth-order valence-electron chi connectivity index (χ4n) is 1.96. The molecule has 0 aliphatic heterocycles. The second-order valence-corrected chi connectivity index (χ2v) is 4.10. The van der Waals surface area contributed by atoms with Gasteiger partial charge in [-0.25, -0.2) is 0 Å². The molecule has 0 aromatic carbocycles. The van der Waals surface area contributed by atoms with Crippen LogP contribution in [0.25, 0.3) is 0 Å². The van der Waals surface area contributed by atoms with E-state index in [0.717, 1.165) is 6.04 Å². The van der Waals surface area contributed by atoms with Crippen molar-refractivity contribution in [3.05, 3.63) is 0 Å². The van der Waals surface area contributed by atoms with E-state index in [1.54, 1.807) is 0 Å². The molecule has 2 saturated carbocycles. The van der Waals surface area contributed by atoms with E-state index in [0.29, 0.717) is 12.2 Å². The van der Waals surface area contributed by atoms with Crippen LogP contribution >= 0.6 is 12.4 Å². The smallest absolute Gasteiger partial charge is 0.0580 e. The van der Waals surface area contributed by atoms with Crippen LogP contribution in [0.15, 0.2) is 0 Å². The van der Waals surface area contributed by atoms with Crippen LogP contribution < -0.4 is 5.32 Å². The van der Waals surface area contributed by atoms with Crippen molar-refractivity contribution in [1.82, 2.24) is 5.32 Å². The number of hydrogen-bond acceptors (Lipinski definition) is 2. The van der Waals surface area contributed by atoms with Gasteiger partial charge in [0.05, 0.1) is 12.2 Å². The molecule has 13 heavy (non-hydrogen) atoms. The van der Waals surface area contributed by atoms with Gasteiger partial charge in [-0.05, 0) is 45.6 Å². The molecule has 0 unspecified atom stereocenters. The zero-order chi connectivity index (χ0) is 8.39. The maximum atomic E-state index is 5.87. The van der Waals surface area contributed by atoms with Crippen molar-refractivity contribution in [3.63, 3.8) is 0 Å². The van der Waals surface area contributed by atoms with Crippen LogP contribution in [0, 0.1) is 0 Å². The Morgan fingerprint density at radius 3 is 1.77 bits per heavy atom. The minimum atomic E-state index is 0. The Bertz CT molecular complexity index is 142. The van der Waals surface area contributed by atoms with E-state index in [-0.39, 0.29) is 12.4 Å². The summed E-state index contributed by atoms with van der Waals surface area (Å²) in [4.78, 5) is 0. The first kappa shape index (κ1) is 11.3. The molecule has 0 heterocycles. The van der Waals surface area contributed by atoms with Gasteiger partial charge in [0.15, 0.2) is 0 Å². The van der Waals surface area contributed by atoms with Gasteiger partial charge in [0.25, 0.3) is 0 Å². The first-order valence-electron chi connectivity index (χ1n) is 5.21. The molecule has 2 aliphatic rings. The van der Waals surface area contributed by atoms with E-state index in [2.05, 4.69) is 12.4 Å². The second kappa shape index (κ2) is 5.18. The average Bonchev–Trinajstić information content (AvgIpc) is 2.90. The quantitative estimate of drug-likeness (QED) is 0.762. The van der Waals surface area contributed by atoms with E-state index < -0.39 is 0 Å². The van der Waals surface area contributed by atoms with E-state index in [9.17, 15) is 0 Å². The van der Waals surface area contributed by atoms with Gasteiger partial charge < -0.3 is 10.1 Å². The van der Waals surface area contributed by atoms with E-state index in [1.165, 1.54) is 38.5 Å². The second-order valence-electron chi connectivity index (χ2n) is 4.10. The van der Waals surface area contributed by atoms with Gasteiger partial charge in [0.2, 0.25) is 0 Å². The summed E-state index contributed by atoms with van der Waals surface area (Å²) in [5.74, 6) is 0. The van der Waals surface area contributed by atoms with Gasteiger partial charge >= 0.3 is 0 Å². The van der Waals surface area contributed by atoms with Crippen LogP contribution in [0.2, 0.25) is 0 Å². The molecule has 1 N–H and O–H groups in total. The first-order chi connectivity index (χ1) is 5.88. The zero-order valence-corrected chi connectivity index (χ0v) is 9.11. The SMILES string of the molecule is CNC1CCC(OC2CC2)CC1.Cl. The molecule has 3 heteroatoms. The molecule has 78 valence electrons. The Morgan fingerprint density at radius 2 is 1.38 bits per heavy atom. The van der Waals surface area contributed by atoms with Crippen LogP contribution in [-0.2, 0) is 4.74 Å². The van der Waals surface area contributed by atoms with Crippen LogP contribution in [0.5, 0.6) is 0 Å². The van der Waals surface area contributed by atoms with E-state index in [4.69, 9.17) is 4.74 Å². The molecular formula is C10H20ClNO. The lowest BCUT2D eigenvalue weighted by Gasteiger charge is -2.28. The van der Waals surface area contributed by atoms with Crippen molar-refractivity contribution < 1.29 is 4.74 Å². The van der Waals surface area contributed by atoms with E-state index >= 15 is 0 Å². The maximum absolute atomic E-state index is 5.87. The molecule has 2 nitrogen and oxygen atoms in total. The van der Waals surface area contributed by atoms with E-state index in [1.807, 2.05) is 0 Å². The summed E-state index contributed by atoms with van der Waals surface area (Å²) in [6, 6.07) is 0.754. The van der Waals surface area contributed by atoms with Gasteiger partial charge in [-0.1, -0.05) is 0 Å². The van der Waals surface area contributed by atoms with Gasteiger partial charge in [-0.3, -0.25) is 0 Å². The molecule has 0 spiro atoms. The molecule has 0 amide bonds. The summed E-state index contributed by atoms with van der Waals surface area (Å²) in [6.07, 6.45) is 8.98. The third-order valence-electron chi connectivity index (χ3n) is 2.99. The van der Waals surface area contributed by atoms with Gasteiger partial charge in [0.1, 0.15) is 0 Å². The van der Waals surface area contributed by atoms with Crippen molar-refractivity contribution in [1.29, 1.82) is 0 Å². The average molecular weight is 206 g/mol. The van der Waals surface area contributed by atoms with Crippen molar-refractivity contribution in [3.8, 4) is 0 Å². The van der Waals surface area contributed by atoms with Gasteiger partial charge in [-0.2, -0.15) is 0 Å². The number of ether oxygens (including phenoxy) is 1. The highest BCUT2D eigenvalue weighted by Gasteiger charge is 2.28. The molecular weight excluding hydrogens is 186 g/mol. The number of nitrogens with one attached hydrogen (secondary N) is 1. The summed E-state index contributed by atoms with van der Waals surface area (Å²) in [5, 5.41) is 3.34. The lowest BCUT2D eigenvalue weighted by atomic mass is 9.93. The lowest BCUT2D eigenvalue weighted by Crippen LogP contribution is -2.33. The van der Waals surface area contributed by atoms with Crippen molar-refractivity contribution >= 4 is 12.4 Å². The van der Waals surface area contributed by atoms with Gasteiger partial charge in [-0.15, -0.1) is 12.4 Å². The van der Waals surface area contributed by atoms with Crippen molar-refractivity contribution in [2.24, 2.45) is 0 Å². The van der Waals surface area contributed by atoms with Gasteiger partial charge in [0, 0.05) is 6.04 Å². The first-order valence-corrected chi connectivity index (χ1v) is 5.21. The summed E-state index contributed by atoms with van der Waals surface area (Å²) in [5.41, 5.74) is 0. The fourth-order valence-corrected chi connectivity index (χ4v) is 1.96. The largest absolute Gasteiger partial charge is 0.375 e. The van der Waals surface area contributed by atoms with Crippen LogP contribution in [0.1, 0.15) is 38.5 Å². The Kier molecular flexibility index (Phi) is 4.50. The molecule has 2 rings (SSSR count). The summed E-state index contributed by atoms with van der Waals surface area (Å²) in [6.45, 7) is 0. The Hall–Kier alpha value is 0.210. The number of hydrogen-bond donors (Lipinski definition) is 1. The highest BCUT2D eigenvalue weighted by molar-refractivity contribution is 5.85. The highest BCUT2D eigenvalue weighted by Crippen LogP contribution is 2.30. The normalized spacial score (nSPS) is 33.9. The molecule has 0 atom stereocenters. The molecule has 0 saturated heterocycles. The summed E-state index contributed by atoms with van der Waals surface area (Å²) < 4.78 is 5.87. The minimum Gasteiger partial charge on any atom is -0.375 e. The van der Waals surface area contributed by atoms with Crippen LogP contribution in [0.4, 0.5) is 0 Å². The monoisotopic (exact) mass is 205 g/mol. The Morgan fingerprint density at radius 1 is 0.923 bits per heavy atom. The third kappa shape index (κ3) is 3.45. The van der Waals surface area contributed by atoms with Crippen molar-refractivity contribution in [2.45, 2.75) is 56.8 Å². The molecule has 2 fully saturated rings. The lowest BCUT2D eigenvalue weighted by molar-refractivity contribution is 0.0115. The summed E-state index contributed by atoms with van der Waals surface area (Å²) >= 11 is 0. The van der Waals surface area contributed by atoms with Crippen molar-refractivity contribution in [2.75, 3.05) is 7.05 Å². The highest BCUT2D eigenvalue weighted by atomic mass is 35.5. The molecule has 2 aliphatic carbocycles. The minimum absolute atomic E-state index is 0. The van der Waals surface area contributed by atoms with Crippen LogP contribution in [-0.4, -0.2) is 25.3 Å². The molecule has 0 bridgehead atoms. The Balaban J connectivity index is 0.000000845. The predicted octanol–water partition coefficient (Wildman–Crippen LogP) is 2.12. The Labute approximate surface area is 86.8 Å². The van der Waals surface area contributed by atoms with Crippen LogP contribution in [0.3, 0.4) is 0 Å². The number of rotatable bonds is 3. The number of halogens is 1. The predicted molar refractivity (Wildman–Crippen MR) is 56.5 cm³/mol. The molecule has 0 radical (unpaired) electrons. The summed E-state index contributed by atoms with van der Waals surface area (Å²) in [7, 11) is 2.06. The topological polar surface area (TPSA) is 21.3 Å².